The fraction of sp³-hybridized carbons (Fsp3) is 0.200. The highest BCUT2D eigenvalue weighted by Gasteiger charge is 2.10. The van der Waals surface area contributed by atoms with Gasteiger partial charge in [-0.15, -0.1) is 0 Å². The maximum atomic E-state index is 12.0. The Morgan fingerprint density at radius 3 is 2.40 bits per heavy atom. The van der Waals surface area contributed by atoms with E-state index in [1.165, 1.54) is 10.6 Å². The Bertz CT molecular complexity index is 742. The van der Waals surface area contributed by atoms with E-state index < -0.39 is 0 Å². The van der Waals surface area contributed by atoms with Gasteiger partial charge in [-0.1, -0.05) is 0 Å². The summed E-state index contributed by atoms with van der Waals surface area (Å²) in [5.41, 5.74) is 1.32. The number of benzene rings is 1. The van der Waals surface area contributed by atoms with E-state index in [1.54, 1.807) is 39.5 Å². The van der Waals surface area contributed by atoms with Crippen molar-refractivity contribution < 1.29 is 9.47 Å². The molecule has 0 aliphatic heterocycles. The van der Waals surface area contributed by atoms with Gasteiger partial charge in [0, 0.05) is 12.6 Å². The number of hydrogen-bond acceptors (Lipinski definition) is 4. The highest BCUT2D eigenvalue weighted by molar-refractivity contribution is 5.64. The summed E-state index contributed by atoms with van der Waals surface area (Å²) in [6.07, 6.45) is 0. The van der Waals surface area contributed by atoms with Gasteiger partial charge in [0.15, 0.2) is 11.5 Å². The maximum Gasteiger partial charge on any atom is 0.268 e. The summed E-state index contributed by atoms with van der Waals surface area (Å²) >= 11 is 0. The van der Waals surface area contributed by atoms with Gasteiger partial charge in [0.1, 0.15) is 11.6 Å². The van der Waals surface area contributed by atoms with E-state index in [9.17, 15) is 4.79 Å². The highest BCUT2D eigenvalue weighted by atomic mass is 16.5. The number of aromatic nitrogens is 1. The summed E-state index contributed by atoms with van der Waals surface area (Å²) in [5, 5.41) is 8.85. The lowest BCUT2D eigenvalue weighted by molar-refractivity contribution is 0.355. The van der Waals surface area contributed by atoms with Crippen LogP contribution in [0.1, 0.15) is 5.56 Å². The average molecular weight is 270 g/mol. The molecular weight excluding hydrogens is 256 g/mol. The van der Waals surface area contributed by atoms with Gasteiger partial charge in [-0.25, -0.2) is 0 Å². The Morgan fingerprint density at radius 2 is 1.80 bits per heavy atom. The molecule has 0 amide bonds. The third kappa shape index (κ3) is 2.24. The predicted molar refractivity (Wildman–Crippen MR) is 74.9 cm³/mol. The summed E-state index contributed by atoms with van der Waals surface area (Å²) in [7, 11) is 4.75. The first-order valence-electron chi connectivity index (χ1n) is 5.95. The van der Waals surface area contributed by atoms with Gasteiger partial charge in [0.2, 0.25) is 0 Å². The average Bonchev–Trinajstić information content (AvgIpc) is 2.49. The first-order chi connectivity index (χ1) is 9.62. The molecule has 1 aromatic heterocycles. The molecule has 0 spiro atoms. The van der Waals surface area contributed by atoms with E-state index >= 15 is 0 Å². The minimum atomic E-state index is -0.320. The van der Waals surface area contributed by atoms with Crippen LogP contribution < -0.4 is 15.0 Å². The zero-order valence-electron chi connectivity index (χ0n) is 11.5. The van der Waals surface area contributed by atoms with Gasteiger partial charge in [0.25, 0.3) is 5.56 Å². The van der Waals surface area contributed by atoms with Crippen LogP contribution in [-0.4, -0.2) is 18.8 Å². The molecule has 2 rings (SSSR count). The molecule has 1 heterocycles. The second kappa shape index (κ2) is 5.49. The lowest BCUT2D eigenvalue weighted by Gasteiger charge is -2.12. The molecule has 5 heteroatoms. The molecule has 102 valence electrons. The molecule has 0 aliphatic carbocycles. The summed E-state index contributed by atoms with van der Waals surface area (Å²) < 4.78 is 11.9. The maximum absolute atomic E-state index is 12.0. The second-order valence-corrected chi connectivity index (χ2v) is 4.18. The van der Waals surface area contributed by atoms with E-state index in [0.717, 1.165) is 5.56 Å². The standard InChI is InChI=1S/C15H14N2O3/c1-17-12(6-4-11(9-16)15(17)18)10-5-7-13(19-2)14(8-10)20-3/h4-8H,1-3H3. The number of ether oxygens (including phenoxy) is 2. The number of nitriles is 1. The smallest absolute Gasteiger partial charge is 0.268 e. The van der Waals surface area contributed by atoms with Crippen LogP contribution >= 0.6 is 0 Å². The van der Waals surface area contributed by atoms with Crippen molar-refractivity contribution in [3.8, 4) is 28.8 Å². The van der Waals surface area contributed by atoms with Crippen LogP contribution in [0.5, 0.6) is 11.5 Å². The second-order valence-electron chi connectivity index (χ2n) is 4.18. The van der Waals surface area contributed by atoms with E-state index in [-0.39, 0.29) is 11.1 Å². The van der Waals surface area contributed by atoms with Gasteiger partial charge < -0.3 is 14.0 Å². The predicted octanol–water partition coefficient (Wildman–Crippen LogP) is 1.94. The molecule has 0 fully saturated rings. The summed E-state index contributed by atoms with van der Waals surface area (Å²) in [6, 6.07) is 10.5. The fourth-order valence-electron chi connectivity index (χ4n) is 2.01. The van der Waals surface area contributed by atoms with Crippen molar-refractivity contribution in [2.45, 2.75) is 0 Å². The van der Waals surface area contributed by atoms with Gasteiger partial charge in [-0.3, -0.25) is 4.79 Å². The normalized spacial score (nSPS) is 9.90. The van der Waals surface area contributed by atoms with E-state index in [4.69, 9.17) is 14.7 Å². The first-order valence-corrected chi connectivity index (χ1v) is 5.95. The van der Waals surface area contributed by atoms with Crippen LogP contribution in [0.25, 0.3) is 11.3 Å². The zero-order valence-corrected chi connectivity index (χ0v) is 11.5. The van der Waals surface area contributed by atoms with Crippen LogP contribution in [0.4, 0.5) is 0 Å². The van der Waals surface area contributed by atoms with Crippen molar-refractivity contribution in [2.24, 2.45) is 7.05 Å². The molecule has 1 aromatic carbocycles. The van der Waals surface area contributed by atoms with Gasteiger partial charge in [-0.05, 0) is 30.3 Å². The summed E-state index contributed by atoms with van der Waals surface area (Å²) in [6.45, 7) is 0. The minimum absolute atomic E-state index is 0.122. The van der Waals surface area contributed by atoms with E-state index in [2.05, 4.69) is 0 Å². The van der Waals surface area contributed by atoms with Gasteiger partial charge >= 0.3 is 0 Å². The van der Waals surface area contributed by atoms with E-state index in [0.29, 0.717) is 17.2 Å². The summed E-state index contributed by atoms with van der Waals surface area (Å²) in [5.74, 6) is 1.21. The number of pyridine rings is 1. The largest absolute Gasteiger partial charge is 0.493 e. The van der Waals surface area contributed by atoms with Crippen LogP contribution in [0, 0.1) is 11.3 Å². The van der Waals surface area contributed by atoms with Crippen molar-refractivity contribution >= 4 is 0 Å². The Labute approximate surface area is 116 Å². The molecule has 5 nitrogen and oxygen atoms in total. The Hall–Kier alpha value is -2.74. The van der Waals surface area contributed by atoms with Crippen LogP contribution in [0.15, 0.2) is 35.1 Å². The number of rotatable bonds is 3. The highest BCUT2D eigenvalue weighted by Crippen LogP contribution is 2.31. The molecular formula is C15H14N2O3. The van der Waals surface area contributed by atoms with Crippen molar-refractivity contribution in [2.75, 3.05) is 14.2 Å². The van der Waals surface area contributed by atoms with Crippen LogP contribution in [0.2, 0.25) is 0 Å². The quantitative estimate of drug-likeness (QED) is 0.855. The lowest BCUT2D eigenvalue weighted by Crippen LogP contribution is -2.20. The third-order valence-corrected chi connectivity index (χ3v) is 3.10. The lowest BCUT2D eigenvalue weighted by atomic mass is 10.1. The molecule has 0 N–H and O–H groups in total. The van der Waals surface area contributed by atoms with Crippen molar-refractivity contribution in [1.29, 1.82) is 5.26 Å². The number of methoxy groups -OCH3 is 2. The Balaban J connectivity index is 2.61. The molecule has 0 atom stereocenters. The monoisotopic (exact) mass is 270 g/mol. The summed E-state index contributed by atoms with van der Waals surface area (Å²) in [4.78, 5) is 12.0. The number of hydrogen-bond donors (Lipinski definition) is 0. The molecule has 0 unspecified atom stereocenters. The number of nitrogens with zero attached hydrogens (tertiary/aromatic N) is 2. The molecule has 0 aliphatic rings. The first kappa shape index (κ1) is 13.7. The molecule has 0 bridgehead atoms. The Morgan fingerprint density at radius 1 is 1.10 bits per heavy atom. The van der Waals surface area contributed by atoms with Crippen LogP contribution in [-0.2, 0) is 7.05 Å². The molecule has 0 saturated carbocycles. The SMILES string of the molecule is COc1ccc(-c2ccc(C#N)c(=O)n2C)cc1OC. The minimum Gasteiger partial charge on any atom is -0.493 e. The van der Waals surface area contributed by atoms with Crippen LogP contribution in [0.3, 0.4) is 0 Å². The van der Waals surface area contributed by atoms with Gasteiger partial charge in [0.05, 0.1) is 19.9 Å². The topological polar surface area (TPSA) is 64.2 Å². The fourth-order valence-corrected chi connectivity index (χ4v) is 2.01. The molecule has 2 aromatic rings. The van der Waals surface area contributed by atoms with E-state index in [1.807, 2.05) is 12.1 Å². The zero-order chi connectivity index (χ0) is 14.7. The molecule has 0 saturated heterocycles. The van der Waals surface area contributed by atoms with Crippen molar-refractivity contribution in [1.82, 2.24) is 4.57 Å². The van der Waals surface area contributed by atoms with Crippen molar-refractivity contribution in [3.63, 3.8) is 0 Å². The Kier molecular flexibility index (Phi) is 3.76. The third-order valence-electron chi connectivity index (χ3n) is 3.10. The van der Waals surface area contributed by atoms with Crippen molar-refractivity contribution in [3.05, 3.63) is 46.2 Å². The molecule has 20 heavy (non-hydrogen) atoms. The molecule has 0 radical (unpaired) electrons. The van der Waals surface area contributed by atoms with Gasteiger partial charge in [-0.2, -0.15) is 5.26 Å².